The predicted octanol–water partition coefficient (Wildman–Crippen LogP) is 3.03. The lowest BCUT2D eigenvalue weighted by Crippen LogP contribution is -2.30. The minimum atomic E-state index is -0.388. The molecular weight excluding hydrogens is 382 g/mol. The summed E-state index contributed by atoms with van der Waals surface area (Å²) in [6.45, 7) is 0.173. The van der Waals surface area contributed by atoms with E-state index in [1.54, 1.807) is 14.2 Å². The molecule has 0 spiro atoms. The zero-order chi connectivity index (χ0) is 21.3. The van der Waals surface area contributed by atoms with Crippen molar-refractivity contribution < 1.29 is 23.8 Å². The summed E-state index contributed by atoms with van der Waals surface area (Å²) in [6.07, 6.45) is 5.44. The van der Waals surface area contributed by atoms with Gasteiger partial charge in [-0.15, -0.1) is 0 Å². The first-order chi connectivity index (χ1) is 14.6. The molecule has 2 aromatic carbocycles. The fourth-order valence-electron chi connectivity index (χ4n) is 3.69. The minimum absolute atomic E-state index is 0.187. The number of esters is 1. The van der Waals surface area contributed by atoms with Crippen molar-refractivity contribution in [2.24, 2.45) is 0 Å². The third kappa shape index (κ3) is 5.99. The number of benzene rings is 2. The molecule has 0 atom stereocenters. The number of methoxy groups -OCH3 is 2. The molecule has 0 bridgehead atoms. The van der Waals surface area contributed by atoms with Crippen LogP contribution in [0.5, 0.6) is 11.5 Å². The Balaban J connectivity index is 1.39. The van der Waals surface area contributed by atoms with Gasteiger partial charge in [-0.2, -0.15) is 0 Å². The molecular formula is C24H29NO5. The molecule has 1 aliphatic rings. The van der Waals surface area contributed by atoms with Gasteiger partial charge in [0.2, 0.25) is 0 Å². The average Bonchev–Trinajstić information content (AvgIpc) is 2.77. The van der Waals surface area contributed by atoms with Gasteiger partial charge < -0.3 is 19.5 Å². The minimum Gasteiger partial charge on any atom is -0.493 e. The summed E-state index contributed by atoms with van der Waals surface area (Å²) in [4.78, 5) is 24.1. The van der Waals surface area contributed by atoms with Crippen LogP contribution < -0.4 is 14.8 Å². The highest BCUT2D eigenvalue weighted by Crippen LogP contribution is 2.27. The van der Waals surface area contributed by atoms with Gasteiger partial charge in [-0.1, -0.05) is 24.3 Å². The molecule has 0 unspecified atom stereocenters. The number of hydrogen-bond acceptors (Lipinski definition) is 5. The van der Waals surface area contributed by atoms with Crippen molar-refractivity contribution in [1.82, 2.24) is 5.32 Å². The summed E-state index contributed by atoms with van der Waals surface area (Å²) in [5.41, 5.74) is 4.67. The first kappa shape index (κ1) is 21.7. The third-order valence-electron chi connectivity index (χ3n) is 5.31. The number of carbonyl (C=O) groups excluding carboxylic acids is 2. The van der Waals surface area contributed by atoms with Crippen LogP contribution in [0.2, 0.25) is 0 Å². The Morgan fingerprint density at radius 3 is 2.40 bits per heavy atom. The Hall–Kier alpha value is -3.02. The van der Waals surface area contributed by atoms with E-state index in [1.807, 2.05) is 24.3 Å². The fraction of sp³-hybridized carbons (Fsp3) is 0.417. The molecule has 0 fully saturated rings. The molecule has 0 aliphatic heterocycles. The van der Waals surface area contributed by atoms with Gasteiger partial charge in [0.15, 0.2) is 18.1 Å². The molecule has 0 saturated heterocycles. The molecule has 6 heteroatoms. The molecule has 0 radical (unpaired) electrons. The highest BCUT2D eigenvalue weighted by atomic mass is 16.5. The highest BCUT2D eigenvalue weighted by molar-refractivity contribution is 5.81. The summed E-state index contributed by atoms with van der Waals surface area (Å²) < 4.78 is 15.6. The van der Waals surface area contributed by atoms with Crippen molar-refractivity contribution in [2.45, 2.75) is 38.5 Å². The molecule has 160 valence electrons. The van der Waals surface area contributed by atoms with E-state index in [1.165, 1.54) is 24.0 Å². The van der Waals surface area contributed by atoms with E-state index in [0.717, 1.165) is 24.0 Å². The third-order valence-corrected chi connectivity index (χ3v) is 5.31. The number of fused-ring (bicyclic) bond motifs is 1. The van der Waals surface area contributed by atoms with Gasteiger partial charge in [0.05, 0.1) is 20.6 Å². The molecule has 0 saturated carbocycles. The quantitative estimate of drug-likeness (QED) is 0.642. The summed E-state index contributed by atoms with van der Waals surface area (Å²) in [5, 5.41) is 2.77. The van der Waals surface area contributed by atoms with Gasteiger partial charge >= 0.3 is 5.97 Å². The molecule has 1 amide bonds. The first-order valence-corrected chi connectivity index (χ1v) is 10.3. The van der Waals surface area contributed by atoms with Crippen molar-refractivity contribution >= 4 is 11.9 Å². The maximum absolute atomic E-state index is 12.1. The molecule has 1 N–H and O–H groups in total. The standard InChI is InChI=1S/C24H29NO5/c1-28-21-10-8-17(14-22(21)29-2)11-12-25-23(26)16-30-24(27)15-18-7-9-19-5-3-4-6-20(19)13-18/h7-10,13-14H,3-6,11-12,15-16H2,1-2H3,(H,25,26). The number of carbonyl (C=O) groups is 2. The molecule has 6 nitrogen and oxygen atoms in total. The Morgan fingerprint density at radius 1 is 0.900 bits per heavy atom. The first-order valence-electron chi connectivity index (χ1n) is 10.3. The number of amides is 1. The second-order valence-corrected chi connectivity index (χ2v) is 7.44. The Labute approximate surface area is 177 Å². The van der Waals surface area contributed by atoms with Crippen LogP contribution in [0.25, 0.3) is 0 Å². The SMILES string of the molecule is COc1ccc(CCNC(=O)COC(=O)Cc2ccc3c(c2)CCCC3)cc1OC. The van der Waals surface area contributed by atoms with Crippen LogP contribution in [0, 0.1) is 0 Å². The molecule has 2 aromatic rings. The summed E-state index contributed by atoms with van der Waals surface area (Å²) in [7, 11) is 3.17. The molecule has 0 heterocycles. The summed E-state index contributed by atoms with van der Waals surface area (Å²) in [6, 6.07) is 11.8. The maximum atomic E-state index is 12.1. The van der Waals surface area contributed by atoms with E-state index in [9.17, 15) is 9.59 Å². The fourth-order valence-corrected chi connectivity index (χ4v) is 3.69. The van der Waals surface area contributed by atoms with Crippen LogP contribution in [0.4, 0.5) is 0 Å². The molecule has 30 heavy (non-hydrogen) atoms. The van der Waals surface area contributed by atoms with Crippen LogP contribution in [0.15, 0.2) is 36.4 Å². The summed E-state index contributed by atoms with van der Waals surface area (Å²) in [5.74, 6) is 0.614. The smallest absolute Gasteiger partial charge is 0.310 e. The zero-order valence-electron chi connectivity index (χ0n) is 17.7. The zero-order valence-corrected chi connectivity index (χ0v) is 17.7. The van der Waals surface area contributed by atoms with E-state index >= 15 is 0 Å². The van der Waals surface area contributed by atoms with Crippen molar-refractivity contribution in [1.29, 1.82) is 0 Å². The molecule has 3 rings (SSSR count). The molecule has 0 aromatic heterocycles. The van der Waals surface area contributed by atoms with E-state index in [-0.39, 0.29) is 24.9 Å². The van der Waals surface area contributed by atoms with Crippen LogP contribution in [-0.2, 0) is 40.0 Å². The lowest BCUT2D eigenvalue weighted by atomic mass is 9.90. The second-order valence-electron chi connectivity index (χ2n) is 7.44. The number of rotatable bonds is 9. The topological polar surface area (TPSA) is 73.9 Å². The number of nitrogens with one attached hydrogen (secondary N) is 1. The Bertz CT molecular complexity index is 893. The Morgan fingerprint density at radius 2 is 1.63 bits per heavy atom. The maximum Gasteiger partial charge on any atom is 0.310 e. The number of aryl methyl sites for hydroxylation is 2. The molecule has 1 aliphatic carbocycles. The predicted molar refractivity (Wildman–Crippen MR) is 114 cm³/mol. The van der Waals surface area contributed by atoms with E-state index < -0.39 is 0 Å². The van der Waals surface area contributed by atoms with Gasteiger partial charge in [-0.25, -0.2) is 0 Å². The van der Waals surface area contributed by atoms with E-state index in [0.29, 0.717) is 24.5 Å². The lowest BCUT2D eigenvalue weighted by molar-refractivity contribution is -0.147. The number of hydrogen-bond donors (Lipinski definition) is 1. The average molecular weight is 411 g/mol. The van der Waals surface area contributed by atoms with Crippen molar-refractivity contribution in [3.63, 3.8) is 0 Å². The van der Waals surface area contributed by atoms with Crippen LogP contribution >= 0.6 is 0 Å². The summed E-state index contributed by atoms with van der Waals surface area (Å²) >= 11 is 0. The second kappa shape index (κ2) is 10.7. The Kier molecular flexibility index (Phi) is 7.71. The van der Waals surface area contributed by atoms with E-state index in [2.05, 4.69) is 17.4 Å². The van der Waals surface area contributed by atoms with Crippen LogP contribution in [0.3, 0.4) is 0 Å². The van der Waals surface area contributed by atoms with Gasteiger partial charge in [0.25, 0.3) is 5.91 Å². The van der Waals surface area contributed by atoms with Crippen LogP contribution in [-0.4, -0.2) is 39.2 Å². The van der Waals surface area contributed by atoms with E-state index in [4.69, 9.17) is 14.2 Å². The monoisotopic (exact) mass is 411 g/mol. The highest BCUT2D eigenvalue weighted by Gasteiger charge is 2.13. The number of ether oxygens (including phenoxy) is 3. The van der Waals surface area contributed by atoms with Crippen LogP contribution in [0.1, 0.15) is 35.1 Å². The van der Waals surface area contributed by atoms with Gasteiger partial charge in [-0.3, -0.25) is 9.59 Å². The van der Waals surface area contributed by atoms with Crippen molar-refractivity contribution in [3.8, 4) is 11.5 Å². The van der Waals surface area contributed by atoms with Gasteiger partial charge in [-0.05, 0) is 66.5 Å². The largest absolute Gasteiger partial charge is 0.493 e. The normalized spacial score (nSPS) is 12.6. The lowest BCUT2D eigenvalue weighted by Gasteiger charge is -2.16. The van der Waals surface area contributed by atoms with Gasteiger partial charge in [0, 0.05) is 6.54 Å². The van der Waals surface area contributed by atoms with Crippen molar-refractivity contribution in [3.05, 3.63) is 58.7 Å². The van der Waals surface area contributed by atoms with Gasteiger partial charge in [0.1, 0.15) is 0 Å². The van der Waals surface area contributed by atoms with Crippen molar-refractivity contribution in [2.75, 3.05) is 27.4 Å².